The second-order valence-corrected chi connectivity index (χ2v) is 6.33. The van der Waals surface area contributed by atoms with Crippen LogP contribution in [-0.2, 0) is 10.0 Å². The monoisotopic (exact) mass is 273 g/mol. The van der Waals surface area contributed by atoms with Crippen molar-refractivity contribution in [2.75, 3.05) is 0 Å². The summed E-state index contributed by atoms with van der Waals surface area (Å²) in [6.45, 7) is 9.43. The van der Waals surface area contributed by atoms with Crippen molar-refractivity contribution in [3.8, 4) is 0 Å². The van der Waals surface area contributed by atoms with E-state index in [0.717, 1.165) is 19.3 Å². The van der Waals surface area contributed by atoms with Crippen LogP contribution in [0.15, 0.2) is 4.90 Å². The molecule has 2 N–H and O–H groups in total. The lowest BCUT2D eigenvalue weighted by Crippen LogP contribution is -2.47. The highest BCUT2D eigenvalue weighted by Gasteiger charge is 2.32. The molecule has 6 heteroatoms. The number of H-pyrrole nitrogens is 1. The number of sulfonamides is 1. The van der Waals surface area contributed by atoms with E-state index in [-0.39, 0.29) is 10.4 Å². The van der Waals surface area contributed by atoms with E-state index in [1.807, 2.05) is 20.8 Å². The fourth-order valence-corrected chi connectivity index (χ4v) is 4.23. The third-order valence-electron chi connectivity index (χ3n) is 3.71. The Bertz CT molecular complexity index is 474. The number of hydrogen-bond acceptors (Lipinski definition) is 3. The van der Waals surface area contributed by atoms with Crippen LogP contribution >= 0.6 is 0 Å². The smallest absolute Gasteiger partial charge is 0.244 e. The number of rotatable bonds is 6. The quantitative estimate of drug-likeness (QED) is 0.835. The Balaban J connectivity index is 3.17. The van der Waals surface area contributed by atoms with Gasteiger partial charge in [0.15, 0.2) is 0 Å². The summed E-state index contributed by atoms with van der Waals surface area (Å²) in [6, 6.07) is 0. The fourth-order valence-electron chi connectivity index (χ4n) is 2.24. The van der Waals surface area contributed by atoms with Gasteiger partial charge in [-0.3, -0.25) is 5.10 Å². The van der Waals surface area contributed by atoms with E-state index >= 15 is 0 Å². The molecule has 18 heavy (non-hydrogen) atoms. The van der Waals surface area contributed by atoms with Gasteiger partial charge in [0.25, 0.3) is 0 Å². The van der Waals surface area contributed by atoms with E-state index in [1.165, 1.54) is 0 Å². The molecule has 1 aromatic heterocycles. The third-order valence-corrected chi connectivity index (χ3v) is 5.55. The first-order chi connectivity index (χ1) is 8.32. The maximum absolute atomic E-state index is 12.5. The van der Waals surface area contributed by atoms with Crippen LogP contribution in [0.25, 0.3) is 0 Å². The number of nitrogens with one attached hydrogen (secondary N) is 2. The maximum atomic E-state index is 12.5. The second-order valence-electron chi connectivity index (χ2n) is 4.71. The van der Waals surface area contributed by atoms with Crippen molar-refractivity contribution >= 4 is 10.0 Å². The molecule has 1 aromatic rings. The molecule has 0 unspecified atom stereocenters. The molecule has 0 spiro atoms. The summed E-state index contributed by atoms with van der Waals surface area (Å²) in [5, 5.41) is 6.66. The molecule has 0 aliphatic carbocycles. The van der Waals surface area contributed by atoms with Crippen molar-refractivity contribution in [3.63, 3.8) is 0 Å². The molecule has 0 radical (unpaired) electrons. The van der Waals surface area contributed by atoms with E-state index in [9.17, 15) is 8.42 Å². The molecule has 5 nitrogen and oxygen atoms in total. The topological polar surface area (TPSA) is 74.8 Å². The minimum Gasteiger partial charge on any atom is -0.281 e. The zero-order valence-electron chi connectivity index (χ0n) is 11.8. The van der Waals surface area contributed by atoms with Crippen molar-refractivity contribution < 1.29 is 8.42 Å². The van der Waals surface area contributed by atoms with Crippen molar-refractivity contribution in [3.05, 3.63) is 11.4 Å². The third kappa shape index (κ3) is 2.75. The van der Waals surface area contributed by atoms with Crippen LogP contribution in [0.1, 0.15) is 51.4 Å². The van der Waals surface area contributed by atoms with E-state index < -0.39 is 10.0 Å². The molecule has 0 bridgehead atoms. The van der Waals surface area contributed by atoms with Gasteiger partial charge in [-0.25, -0.2) is 13.1 Å². The van der Waals surface area contributed by atoms with Gasteiger partial charge >= 0.3 is 0 Å². The van der Waals surface area contributed by atoms with Crippen molar-refractivity contribution in [1.82, 2.24) is 14.9 Å². The van der Waals surface area contributed by atoms with Crippen LogP contribution in [0.4, 0.5) is 0 Å². The van der Waals surface area contributed by atoms with Gasteiger partial charge in [-0.1, -0.05) is 20.8 Å². The number of hydrogen-bond donors (Lipinski definition) is 2. The second kappa shape index (κ2) is 5.40. The first kappa shape index (κ1) is 15.2. The lowest BCUT2D eigenvalue weighted by Gasteiger charge is -2.31. The Kier molecular flexibility index (Phi) is 4.55. The van der Waals surface area contributed by atoms with E-state index in [2.05, 4.69) is 14.9 Å². The summed E-state index contributed by atoms with van der Waals surface area (Å²) in [5.74, 6) is 0. The molecule has 0 saturated carbocycles. The van der Waals surface area contributed by atoms with Gasteiger partial charge in [0, 0.05) is 5.54 Å². The molecule has 0 aromatic carbocycles. The summed E-state index contributed by atoms with van der Waals surface area (Å²) >= 11 is 0. The van der Waals surface area contributed by atoms with E-state index in [4.69, 9.17) is 0 Å². The van der Waals surface area contributed by atoms with Gasteiger partial charge in [-0.05, 0) is 33.1 Å². The highest BCUT2D eigenvalue weighted by molar-refractivity contribution is 7.89. The minimum atomic E-state index is -3.52. The largest absolute Gasteiger partial charge is 0.281 e. The summed E-state index contributed by atoms with van der Waals surface area (Å²) in [4.78, 5) is 0.280. The average Bonchev–Trinajstić information content (AvgIpc) is 2.67. The summed E-state index contributed by atoms with van der Waals surface area (Å²) in [5.41, 5.74) is 0.726. The number of nitrogens with zero attached hydrogens (tertiary/aromatic N) is 1. The Morgan fingerprint density at radius 3 is 2.00 bits per heavy atom. The van der Waals surface area contributed by atoms with Gasteiger partial charge in [0.05, 0.1) is 11.4 Å². The first-order valence-corrected chi connectivity index (χ1v) is 7.85. The van der Waals surface area contributed by atoms with Crippen molar-refractivity contribution in [1.29, 1.82) is 0 Å². The molecule has 0 aliphatic rings. The molecular formula is C12H23N3O2S. The van der Waals surface area contributed by atoms with Crippen molar-refractivity contribution in [2.24, 2.45) is 0 Å². The van der Waals surface area contributed by atoms with E-state index in [0.29, 0.717) is 11.4 Å². The molecule has 0 aliphatic heterocycles. The van der Waals surface area contributed by atoms with Crippen LogP contribution in [0, 0.1) is 13.8 Å². The minimum absolute atomic E-state index is 0.280. The Morgan fingerprint density at radius 2 is 1.67 bits per heavy atom. The predicted molar refractivity (Wildman–Crippen MR) is 72.0 cm³/mol. The first-order valence-electron chi connectivity index (χ1n) is 6.37. The lowest BCUT2D eigenvalue weighted by atomic mass is 9.91. The zero-order chi connectivity index (χ0) is 14.0. The lowest BCUT2D eigenvalue weighted by molar-refractivity contribution is 0.341. The highest BCUT2D eigenvalue weighted by atomic mass is 32.2. The predicted octanol–water partition coefficient (Wildman–Crippen LogP) is 2.27. The van der Waals surface area contributed by atoms with Crippen LogP contribution < -0.4 is 4.72 Å². The van der Waals surface area contributed by atoms with Crippen molar-refractivity contribution in [2.45, 2.75) is 64.3 Å². The molecule has 0 atom stereocenters. The average molecular weight is 273 g/mol. The van der Waals surface area contributed by atoms with E-state index in [1.54, 1.807) is 13.8 Å². The van der Waals surface area contributed by atoms with Gasteiger partial charge in [-0.2, -0.15) is 5.10 Å². The van der Waals surface area contributed by atoms with Crippen LogP contribution in [0.3, 0.4) is 0 Å². The van der Waals surface area contributed by atoms with Crippen LogP contribution in [-0.4, -0.2) is 24.2 Å². The normalized spacial score (nSPS) is 12.9. The Hall–Kier alpha value is -0.880. The SMILES string of the molecule is CCC(CC)(CC)NS(=O)(=O)c1c(C)n[nH]c1C. The van der Waals surface area contributed by atoms with Gasteiger partial charge in [0.1, 0.15) is 4.90 Å². The Morgan fingerprint density at radius 1 is 1.17 bits per heavy atom. The molecular weight excluding hydrogens is 250 g/mol. The zero-order valence-corrected chi connectivity index (χ0v) is 12.6. The summed E-state index contributed by atoms with van der Waals surface area (Å²) in [7, 11) is -3.52. The van der Waals surface area contributed by atoms with Gasteiger partial charge < -0.3 is 0 Å². The van der Waals surface area contributed by atoms with Gasteiger partial charge in [0.2, 0.25) is 10.0 Å². The van der Waals surface area contributed by atoms with Crippen LogP contribution in [0.2, 0.25) is 0 Å². The fraction of sp³-hybridized carbons (Fsp3) is 0.750. The number of aryl methyl sites for hydroxylation is 2. The molecule has 0 saturated heterocycles. The highest BCUT2D eigenvalue weighted by Crippen LogP contribution is 2.24. The summed E-state index contributed by atoms with van der Waals surface area (Å²) in [6.07, 6.45) is 2.32. The molecule has 0 fully saturated rings. The number of aromatic nitrogens is 2. The molecule has 1 heterocycles. The standard InChI is InChI=1S/C12H23N3O2S/c1-6-12(7-2,8-3)15-18(16,17)11-9(4)13-14-10(11)5/h15H,6-8H2,1-5H3,(H,13,14). The molecule has 104 valence electrons. The number of aromatic amines is 1. The maximum Gasteiger partial charge on any atom is 0.244 e. The molecule has 1 rings (SSSR count). The van der Waals surface area contributed by atoms with Gasteiger partial charge in [-0.15, -0.1) is 0 Å². The van der Waals surface area contributed by atoms with Crippen LogP contribution in [0.5, 0.6) is 0 Å². The Labute approximate surface area is 109 Å². The molecule has 0 amide bonds. The summed E-state index contributed by atoms with van der Waals surface area (Å²) < 4.78 is 27.8.